The number of rotatable bonds is 2. The molecule has 1 N–H and O–H groups in total. The van der Waals surface area contributed by atoms with Gasteiger partial charge in [-0.2, -0.15) is 0 Å². The molecule has 0 radical (unpaired) electrons. The number of aliphatic carboxylic acids is 1. The van der Waals surface area contributed by atoms with Crippen molar-refractivity contribution in [2.45, 2.75) is 37.5 Å². The molecule has 1 fully saturated rings. The highest BCUT2D eigenvalue weighted by atomic mass is 19.1. The highest BCUT2D eigenvalue weighted by molar-refractivity contribution is 5.80. The molecule has 86 valence electrons. The van der Waals surface area contributed by atoms with E-state index in [0.717, 1.165) is 19.3 Å². The van der Waals surface area contributed by atoms with Crippen molar-refractivity contribution >= 4 is 5.97 Å². The van der Waals surface area contributed by atoms with Gasteiger partial charge in [-0.05, 0) is 25.0 Å². The van der Waals surface area contributed by atoms with E-state index in [2.05, 4.69) is 4.98 Å². The van der Waals surface area contributed by atoms with Gasteiger partial charge in [0.25, 0.3) is 0 Å². The third-order valence-corrected chi connectivity index (χ3v) is 3.33. The summed E-state index contributed by atoms with van der Waals surface area (Å²) in [5.41, 5.74) is -0.611. The molecule has 1 heterocycles. The minimum absolute atomic E-state index is 0.361. The van der Waals surface area contributed by atoms with Crippen molar-refractivity contribution in [2.75, 3.05) is 0 Å². The van der Waals surface area contributed by atoms with Crippen LogP contribution in [0, 0.1) is 5.82 Å². The summed E-state index contributed by atoms with van der Waals surface area (Å²) in [5, 5.41) is 9.37. The molecule has 0 amide bonds. The summed E-state index contributed by atoms with van der Waals surface area (Å²) in [7, 11) is 0. The molecule has 0 spiro atoms. The molecule has 0 aromatic carbocycles. The molecule has 0 saturated heterocycles. The first kappa shape index (κ1) is 11.0. The molecule has 0 aliphatic heterocycles. The van der Waals surface area contributed by atoms with Gasteiger partial charge in [0.05, 0.1) is 5.69 Å². The number of hydrogen-bond donors (Lipinski definition) is 1. The predicted molar refractivity (Wildman–Crippen MR) is 56.6 cm³/mol. The second-order valence-electron chi connectivity index (χ2n) is 4.31. The average Bonchev–Trinajstić information content (AvgIpc) is 2.30. The Labute approximate surface area is 93.3 Å². The van der Waals surface area contributed by atoms with Gasteiger partial charge < -0.3 is 5.11 Å². The number of halogens is 1. The van der Waals surface area contributed by atoms with Gasteiger partial charge in [0.1, 0.15) is 11.2 Å². The lowest BCUT2D eigenvalue weighted by Crippen LogP contribution is -2.38. The Morgan fingerprint density at radius 2 is 2.06 bits per heavy atom. The molecule has 1 aromatic rings. The lowest BCUT2D eigenvalue weighted by Gasteiger charge is -2.32. The number of nitrogens with zero attached hydrogens (tertiary/aromatic N) is 1. The summed E-state index contributed by atoms with van der Waals surface area (Å²) in [5.74, 6) is -1.30. The maximum Gasteiger partial charge on any atom is 0.315 e. The molecule has 1 aliphatic carbocycles. The summed E-state index contributed by atoms with van der Waals surface area (Å²) in [6, 6.07) is 2.49. The third kappa shape index (κ3) is 1.79. The van der Waals surface area contributed by atoms with Crippen LogP contribution >= 0.6 is 0 Å². The van der Waals surface area contributed by atoms with Crippen molar-refractivity contribution in [3.8, 4) is 0 Å². The number of carboxylic acids is 1. The van der Waals surface area contributed by atoms with Crippen molar-refractivity contribution in [1.82, 2.24) is 4.98 Å². The zero-order valence-corrected chi connectivity index (χ0v) is 8.95. The number of hydrogen-bond acceptors (Lipinski definition) is 2. The van der Waals surface area contributed by atoms with Gasteiger partial charge in [-0.1, -0.05) is 19.3 Å². The molecule has 3 nitrogen and oxygen atoms in total. The molecule has 2 rings (SSSR count). The Hall–Kier alpha value is -1.45. The summed E-state index contributed by atoms with van der Waals surface area (Å²) in [6.07, 6.45) is 5.22. The van der Waals surface area contributed by atoms with Gasteiger partial charge in [0.2, 0.25) is 0 Å². The van der Waals surface area contributed by atoms with Gasteiger partial charge in [-0.3, -0.25) is 9.78 Å². The molecule has 1 saturated carbocycles. The van der Waals surface area contributed by atoms with E-state index in [0.29, 0.717) is 18.5 Å². The second kappa shape index (κ2) is 4.20. The fraction of sp³-hybridized carbons (Fsp3) is 0.500. The van der Waals surface area contributed by atoms with Gasteiger partial charge in [-0.15, -0.1) is 0 Å². The first-order valence-electron chi connectivity index (χ1n) is 5.50. The third-order valence-electron chi connectivity index (χ3n) is 3.33. The van der Waals surface area contributed by atoms with Crippen molar-refractivity contribution < 1.29 is 14.3 Å². The van der Waals surface area contributed by atoms with Crippen molar-refractivity contribution in [3.05, 3.63) is 29.8 Å². The Kier molecular flexibility index (Phi) is 2.90. The molecule has 1 aliphatic rings. The van der Waals surface area contributed by atoms with E-state index in [1.807, 2.05) is 0 Å². The van der Waals surface area contributed by atoms with Crippen LogP contribution in [0.15, 0.2) is 18.3 Å². The zero-order valence-electron chi connectivity index (χ0n) is 8.95. The summed E-state index contributed by atoms with van der Waals surface area (Å²) < 4.78 is 13.1. The molecule has 1 aromatic heterocycles. The lowest BCUT2D eigenvalue weighted by atomic mass is 9.71. The fourth-order valence-corrected chi connectivity index (χ4v) is 2.40. The van der Waals surface area contributed by atoms with E-state index < -0.39 is 17.2 Å². The van der Waals surface area contributed by atoms with Crippen LogP contribution < -0.4 is 0 Å². The summed E-state index contributed by atoms with van der Waals surface area (Å²) in [6.45, 7) is 0. The Morgan fingerprint density at radius 1 is 1.38 bits per heavy atom. The molecule has 0 bridgehead atoms. The maximum atomic E-state index is 13.1. The van der Waals surface area contributed by atoms with Crippen molar-refractivity contribution in [3.63, 3.8) is 0 Å². The van der Waals surface area contributed by atoms with E-state index in [4.69, 9.17) is 0 Å². The quantitative estimate of drug-likeness (QED) is 0.838. The van der Waals surface area contributed by atoms with Crippen LogP contribution in [-0.2, 0) is 10.2 Å². The largest absolute Gasteiger partial charge is 0.481 e. The fourth-order valence-electron chi connectivity index (χ4n) is 2.40. The minimum atomic E-state index is -0.972. The molecule has 0 unspecified atom stereocenters. The Bertz CT molecular complexity index is 400. The number of carboxylic acid groups (broad SMARTS) is 1. The van der Waals surface area contributed by atoms with Crippen LogP contribution in [0.5, 0.6) is 0 Å². The topological polar surface area (TPSA) is 50.2 Å². The van der Waals surface area contributed by atoms with Crippen LogP contribution in [0.25, 0.3) is 0 Å². The van der Waals surface area contributed by atoms with Crippen LogP contribution in [0.4, 0.5) is 4.39 Å². The van der Waals surface area contributed by atoms with E-state index in [9.17, 15) is 14.3 Å². The van der Waals surface area contributed by atoms with Crippen molar-refractivity contribution in [2.24, 2.45) is 0 Å². The molecular weight excluding hydrogens is 209 g/mol. The van der Waals surface area contributed by atoms with Crippen LogP contribution in [0.1, 0.15) is 37.8 Å². The highest BCUT2D eigenvalue weighted by Crippen LogP contribution is 2.38. The average molecular weight is 223 g/mol. The SMILES string of the molecule is O=C(O)C1(c2cc(F)ccn2)CCCCC1. The summed E-state index contributed by atoms with van der Waals surface area (Å²) in [4.78, 5) is 15.5. The first-order chi connectivity index (χ1) is 7.65. The highest BCUT2D eigenvalue weighted by Gasteiger charge is 2.42. The van der Waals surface area contributed by atoms with Crippen LogP contribution in [0.2, 0.25) is 0 Å². The number of aromatic nitrogens is 1. The minimum Gasteiger partial charge on any atom is -0.481 e. The van der Waals surface area contributed by atoms with Crippen LogP contribution in [-0.4, -0.2) is 16.1 Å². The van der Waals surface area contributed by atoms with Gasteiger partial charge in [0, 0.05) is 6.20 Å². The Morgan fingerprint density at radius 3 is 2.62 bits per heavy atom. The second-order valence-corrected chi connectivity index (χ2v) is 4.31. The van der Waals surface area contributed by atoms with Crippen LogP contribution in [0.3, 0.4) is 0 Å². The van der Waals surface area contributed by atoms with Gasteiger partial charge in [-0.25, -0.2) is 4.39 Å². The monoisotopic (exact) mass is 223 g/mol. The Balaban J connectivity index is 2.42. The van der Waals surface area contributed by atoms with E-state index >= 15 is 0 Å². The van der Waals surface area contributed by atoms with Crippen molar-refractivity contribution in [1.29, 1.82) is 0 Å². The zero-order chi connectivity index (χ0) is 11.6. The smallest absolute Gasteiger partial charge is 0.315 e. The van der Waals surface area contributed by atoms with E-state index in [1.165, 1.54) is 18.3 Å². The van der Waals surface area contributed by atoms with E-state index in [-0.39, 0.29) is 0 Å². The molecule has 4 heteroatoms. The predicted octanol–water partition coefficient (Wildman–Crippen LogP) is 2.51. The standard InChI is InChI=1S/C12H14FNO2/c13-9-4-7-14-10(8-9)12(11(15)16)5-2-1-3-6-12/h4,7-8H,1-3,5-6H2,(H,15,16). The number of pyridine rings is 1. The van der Waals surface area contributed by atoms with E-state index in [1.54, 1.807) is 0 Å². The molecule has 0 atom stereocenters. The lowest BCUT2D eigenvalue weighted by molar-refractivity contribution is -0.145. The van der Waals surface area contributed by atoms with Gasteiger partial charge in [0.15, 0.2) is 0 Å². The van der Waals surface area contributed by atoms with Gasteiger partial charge >= 0.3 is 5.97 Å². The first-order valence-corrected chi connectivity index (χ1v) is 5.50. The molecule has 16 heavy (non-hydrogen) atoms. The maximum absolute atomic E-state index is 13.1. The molecular formula is C12H14FNO2. The number of carbonyl (C=O) groups is 1. The summed E-state index contributed by atoms with van der Waals surface area (Å²) >= 11 is 0. The normalized spacial score (nSPS) is 19.3.